The smallest absolute Gasteiger partial charge is 0.0880 e. The predicted octanol–water partition coefficient (Wildman–Crippen LogP) is 11.1. The Morgan fingerprint density at radius 1 is 0.895 bits per heavy atom. The summed E-state index contributed by atoms with van der Waals surface area (Å²) in [5, 5.41) is 3.19. The van der Waals surface area contributed by atoms with E-state index in [1.54, 1.807) is 17.5 Å². The minimum absolute atomic E-state index is 0.0518. The zero-order valence-corrected chi connectivity index (χ0v) is 24.0. The van der Waals surface area contributed by atoms with Crippen LogP contribution in [0.25, 0.3) is 42.6 Å². The van der Waals surface area contributed by atoms with E-state index < -0.39 is 6.85 Å². The number of nitrogens with zero attached hydrogens (tertiary/aromatic N) is 1. The zero-order valence-electron chi connectivity index (χ0n) is 26.2. The van der Waals surface area contributed by atoms with Crippen LogP contribution in [0.5, 0.6) is 0 Å². The molecule has 6 rings (SSSR count). The molecule has 0 amide bonds. The number of aryl methyl sites for hydroxylation is 1. The summed E-state index contributed by atoms with van der Waals surface area (Å²) in [7, 11) is 0. The monoisotopic (exact) mass is 520 g/mol. The van der Waals surface area contributed by atoms with Gasteiger partial charge in [-0.1, -0.05) is 83.1 Å². The highest BCUT2D eigenvalue weighted by Crippen LogP contribution is 2.45. The maximum Gasteiger partial charge on any atom is 0.0880 e. The van der Waals surface area contributed by atoms with Crippen molar-refractivity contribution in [3.8, 4) is 21.7 Å². The van der Waals surface area contributed by atoms with Crippen molar-refractivity contribution in [1.29, 1.82) is 0 Å². The number of aromatic nitrogens is 1. The van der Waals surface area contributed by atoms with Gasteiger partial charge in [0.25, 0.3) is 0 Å². The van der Waals surface area contributed by atoms with Gasteiger partial charge in [0.2, 0.25) is 0 Å². The molecule has 0 saturated heterocycles. The molecule has 0 unspecified atom stereocenters. The fourth-order valence-electron chi connectivity index (χ4n) is 6.14. The van der Waals surface area contributed by atoms with Crippen LogP contribution in [0.3, 0.4) is 0 Å². The first-order valence-corrected chi connectivity index (χ1v) is 14.7. The van der Waals surface area contributed by atoms with Crippen molar-refractivity contribution in [2.75, 3.05) is 0 Å². The molecule has 1 nitrogen and oxygen atoms in total. The quantitative estimate of drug-likeness (QED) is 0.230. The van der Waals surface area contributed by atoms with Crippen LogP contribution in [0.2, 0.25) is 0 Å². The third-order valence-corrected chi connectivity index (χ3v) is 9.79. The molecule has 0 aliphatic heterocycles. The first kappa shape index (κ1) is 21.9. The molecule has 2 heterocycles. The second-order valence-electron chi connectivity index (χ2n) is 12.9. The normalized spacial score (nSPS) is 17.9. The average molecular weight is 521 g/mol. The standard InChI is InChI=1S/C36H39NS/c1-23-29-17-20-37-32(28-21-27-9-7-8-10-30(27)31(22-28)35(2,3)4)34(29)38-33(23)26-13-11-24(12-14-26)25-15-18-36(5,6)19-16-25/h7-14,17,20-22,25H,15-16,18-19H2,1-6H3/i1D3. The zero-order chi connectivity index (χ0) is 29.2. The van der Waals surface area contributed by atoms with Crippen LogP contribution in [-0.2, 0) is 5.41 Å². The molecule has 194 valence electrons. The summed E-state index contributed by atoms with van der Waals surface area (Å²) in [5.74, 6) is 0.585. The Balaban J connectivity index is 1.49. The fraction of sp³-hybridized carbons (Fsp3) is 0.361. The van der Waals surface area contributed by atoms with E-state index >= 15 is 0 Å². The summed E-state index contributed by atoms with van der Waals surface area (Å²) in [6.45, 7) is 9.21. The van der Waals surface area contributed by atoms with E-state index in [4.69, 9.17) is 9.10 Å². The summed E-state index contributed by atoms with van der Waals surface area (Å²) >= 11 is 1.56. The van der Waals surface area contributed by atoms with Crippen LogP contribution < -0.4 is 0 Å². The Labute approximate surface area is 236 Å². The molecule has 2 aromatic heterocycles. The summed E-state index contributed by atoms with van der Waals surface area (Å²) in [5.41, 5.74) is 6.30. The molecule has 1 fully saturated rings. The number of hydrogen-bond acceptors (Lipinski definition) is 2. The van der Waals surface area contributed by atoms with Crippen LogP contribution in [0.15, 0.2) is 72.9 Å². The lowest BCUT2D eigenvalue weighted by Gasteiger charge is -2.34. The van der Waals surface area contributed by atoms with E-state index in [1.807, 2.05) is 6.07 Å². The van der Waals surface area contributed by atoms with Crippen LogP contribution in [0, 0.1) is 12.3 Å². The van der Waals surface area contributed by atoms with Gasteiger partial charge >= 0.3 is 0 Å². The predicted molar refractivity (Wildman–Crippen MR) is 166 cm³/mol. The summed E-state index contributed by atoms with van der Waals surface area (Å²) in [6.07, 6.45) is 6.70. The van der Waals surface area contributed by atoms with Crippen molar-refractivity contribution < 1.29 is 4.11 Å². The molecule has 0 N–H and O–H groups in total. The van der Waals surface area contributed by atoms with Crippen molar-refractivity contribution in [3.05, 3.63) is 89.6 Å². The van der Waals surface area contributed by atoms with Gasteiger partial charge in [0.1, 0.15) is 0 Å². The van der Waals surface area contributed by atoms with E-state index in [1.165, 1.54) is 47.6 Å². The van der Waals surface area contributed by atoms with Crippen molar-refractivity contribution >= 4 is 32.2 Å². The van der Waals surface area contributed by atoms with Crippen molar-refractivity contribution in [2.45, 2.75) is 78.5 Å². The van der Waals surface area contributed by atoms with Gasteiger partial charge in [-0.2, -0.15) is 0 Å². The van der Waals surface area contributed by atoms with Crippen LogP contribution in [-0.4, -0.2) is 4.98 Å². The van der Waals surface area contributed by atoms with Gasteiger partial charge in [0.15, 0.2) is 0 Å². The van der Waals surface area contributed by atoms with Gasteiger partial charge in [0.05, 0.1) is 10.4 Å². The number of fused-ring (bicyclic) bond motifs is 2. The lowest BCUT2D eigenvalue weighted by Crippen LogP contribution is -2.20. The van der Waals surface area contributed by atoms with Gasteiger partial charge in [-0.05, 0) is 106 Å². The number of thiophene rings is 1. The molecule has 0 spiro atoms. The molecular formula is C36H39NS. The minimum Gasteiger partial charge on any atom is -0.255 e. The lowest BCUT2D eigenvalue weighted by molar-refractivity contribution is 0.224. The number of rotatable bonds is 3. The van der Waals surface area contributed by atoms with E-state index in [-0.39, 0.29) is 5.41 Å². The average Bonchev–Trinajstić information content (AvgIpc) is 3.33. The largest absolute Gasteiger partial charge is 0.255 e. The third kappa shape index (κ3) is 4.58. The second kappa shape index (κ2) is 9.35. The number of hydrogen-bond donors (Lipinski definition) is 0. The van der Waals surface area contributed by atoms with Gasteiger partial charge in [0, 0.05) is 20.7 Å². The highest BCUT2D eigenvalue weighted by Gasteiger charge is 2.27. The molecule has 0 bridgehead atoms. The first-order valence-electron chi connectivity index (χ1n) is 15.4. The molecular weight excluding hydrogens is 478 g/mol. The summed E-state index contributed by atoms with van der Waals surface area (Å²) in [6, 6.07) is 23.5. The van der Waals surface area contributed by atoms with Gasteiger partial charge < -0.3 is 0 Å². The molecule has 38 heavy (non-hydrogen) atoms. The molecule has 3 aromatic carbocycles. The van der Waals surface area contributed by atoms with Crippen LogP contribution in [0.1, 0.15) is 87.0 Å². The van der Waals surface area contributed by atoms with Crippen molar-refractivity contribution in [1.82, 2.24) is 4.98 Å². The van der Waals surface area contributed by atoms with E-state index in [0.29, 0.717) is 16.9 Å². The van der Waals surface area contributed by atoms with Gasteiger partial charge in [-0.15, -0.1) is 11.3 Å². The van der Waals surface area contributed by atoms with Crippen LogP contribution in [0.4, 0.5) is 0 Å². The molecule has 1 saturated carbocycles. The molecule has 0 radical (unpaired) electrons. The topological polar surface area (TPSA) is 12.9 Å². The number of benzene rings is 3. The third-order valence-electron chi connectivity index (χ3n) is 8.53. The summed E-state index contributed by atoms with van der Waals surface area (Å²) < 4.78 is 26.5. The maximum atomic E-state index is 8.52. The minimum atomic E-state index is -2.24. The first-order chi connectivity index (χ1) is 19.3. The second-order valence-corrected chi connectivity index (χ2v) is 13.9. The Hall–Kier alpha value is -2.97. The Morgan fingerprint density at radius 2 is 1.63 bits per heavy atom. The molecule has 0 atom stereocenters. The molecule has 1 aliphatic rings. The highest BCUT2D eigenvalue weighted by atomic mass is 32.1. The molecule has 1 aliphatic carbocycles. The van der Waals surface area contributed by atoms with Crippen molar-refractivity contribution in [3.63, 3.8) is 0 Å². The van der Waals surface area contributed by atoms with E-state index in [2.05, 4.69) is 95.3 Å². The lowest BCUT2D eigenvalue weighted by atomic mass is 9.71. The van der Waals surface area contributed by atoms with Crippen molar-refractivity contribution in [2.24, 2.45) is 5.41 Å². The summed E-state index contributed by atoms with van der Waals surface area (Å²) in [4.78, 5) is 5.67. The highest BCUT2D eigenvalue weighted by molar-refractivity contribution is 7.23. The Morgan fingerprint density at radius 3 is 2.34 bits per heavy atom. The van der Waals surface area contributed by atoms with E-state index in [9.17, 15) is 0 Å². The maximum absolute atomic E-state index is 8.52. The van der Waals surface area contributed by atoms with Gasteiger partial charge in [-0.3, -0.25) is 4.98 Å². The Kier molecular flexibility index (Phi) is 5.39. The van der Waals surface area contributed by atoms with Gasteiger partial charge in [-0.25, -0.2) is 0 Å². The van der Waals surface area contributed by atoms with E-state index in [0.717, 1.165) is 31.8 Å². The Bertz CT molecular complexity index is 1730. The molecule has 5 aromatic rings. The molecule has 2 heteroatoms. The SMILES string of the molecule is [2H]C([2H])([2H])c1c(-c2ccc(C3CCC(C)(C)CC3)cc2)sc2c(-c3cc(C(C)(C)C)c4ccccc4c3)nccc12. The fourth-order valence-corrected chi connectivity index (χ4v) is 7.36. The number of pyridine rings is 1. The van der Waals surface area contributed by atoms with Crippen LogP contribution >= 0.6 is 11.3 Å².